The molecule has 22 heteroatoms. The molecule has 19 nitrogen and oxygen atoms in total. The molecule has 0 aliphatic rings. The van der Waals surface area contributed by atoms with Crippen LogP contribution in [0.2, 0.25) is 0 Å². The van der Waals surface area contributed by atoms with Crippen molar-refractivity contribution in [1.29, 1.82) is 0 Å². The smallest absolute Gasteiger partial charge is 0.408 e. The van der Waals surface area contributed by atoms with Crippen molar-refractivity contribution in [1.82, 2.24) is 37.2 Å². The number of ether oxygens (including phenoxy) is 3. The molecular weight excluding hydrogens is 1180 g/mol. The van der Waals surface area contributed by atoms with Crippen LogP contribution >= 0.6 is 35.3 Å². The van der Waals surface area contributed by atoms with Gasteiger partial charge in [0.2, 0.25) is 29.5 Å². The van der Waals surface area contributed by atoms with Crippen LogP contribution < -0.4 is 37.2 Å². The van der Waals surface area contributed by atoms with Crippen molar-refractivity contribution in [3.63, 3.8) is 0 Å². The van der Waals surface area contributed by atoms with Crippen LogP contribution in [-0.2, 0) is 73.5 Å². The second-order valence-corrected chi connectivity index (χ2v) is 25.5. The van der Waals surface area contributed by atoms with Gasteiger partial charge in [-0.15, -0.1) is 0 Å². The number of carbonyl (C=O) groups excluding carboxylic acids is 8. The van der Waals surface area contributed by atoms with E-state index in [-0.39, 0.29) is 43.4 Å². The van der Waals surface area contributed by atoms with E-state index in [9.17, 15) is 43.5 Å². The molecule has 0 aliphatic heterocycles. The first kappa shape index (κ1) is 71.2. The molecular formula is C66H85N7O12S3. The van der Waals surface area contributed by atoms with Crippen molar-refractivity contribution in [2.24, 2.45) is 0 Å². The first-order chi connectivity index (χ1) is 42.0. The second kappa shape index (κ2) is 37.3. The summed E-state index contributed by atoms with van der Waals surface area (Å²) in [5.74, 6) is -3.30. The molecule has 7 atom stereocenters. The van der Waals surface area contributed by atoms with Gasteiger partial charge in [0.05, 0.1) is 6.10 Å². The molecule has 474 valence electrons. The van der Waals surface area contributed by atoms with Crippen molar-refractivity contribution >= 4 is 83.0 Å². The van der Waals surface area contributed by atoms with Crippen LogP contribution in [0.15, 0.2) is 133 Å². The van der Waals surface area contributed by atoms with E-state index in [0.29, 0.717) is 30.1 Å². The second-order valence-electron chi connectivity index (χ2n) is 22.4. The normalized spacial score (nSPS) is 13.6. The Bertz CT molecular complexity index is 3010. The number of unbranched alkanes of at least 4 members (excludes halogenated alkanes) is 1. The number of alkyl carbamates (subject to hydrolysis) is 2. The third-order valence-electron chi connectivity index (χ3n) is 13.3. The summed E-state index contributed by atoms with van der Waals surface area (Å²) in [5, 5.41) is 30.3. The Morgan fingerprint density at radius 3 is 1.28 bits per heavy atom. The number of hydrogen-bond donors (Lipinski definition) is 8. The van der Waals surface area contributed by atoms with Gasteiger partial charge in [-0.25, -0.2) is 14.4 Å². The van der Waals surface area contributed by atoms with Gasteiger partial charge in [0.1, 0.15) is 55.1 Å². The van der Waals surface area contributed by atoms with Gasteiger partial charge in [-0.2, -0.15) is 35.3 Å². The van der Waals surface area contributed by atoms with E-state index in [1.54, 1.807) is 32.9 Å². The Balaban J connectivity index is 1.35. The molecule has 0 unspecified atom stereocenters. The Morgan fingerprint density at radius 1 is 0.455 bits per heavy atom. The van der Waals surface area contributed by atoms with E-state index in [2.05, 4.69) is 37.2 Å². The largest absolute Gasteiger partial charge is 0.459 e. The Hall–Kier alpha value is -7.53. The molecule has 0 aromatic heterocycles. The molecule has 0 radical (unpaired) electrons. The van der Waals surface area contributed by atoms with Crippen LogP contribution in [0.1, 0.15) is 98.4 Å². The van der Waals surface area contributed by atoms with Gasteiger partial charge >= 0.3 is 18.2 Å². The lowest BCUT2D eigenvalue weighted by Gasteiger charge is -2.28. The zero-order valence-electron chi connectivity index (χ0n) is 51.4. The maximum absolute atomic E-state index is 14.7. The number of hydrogen-bond acceptors (Lipinski definition) is 15. The zero-order chi connectivity index (χ0) is 64.0. The number of rotatable bonds is 34. The van der Waals surface area contributed by atoms with Crippen LogP contribution in [-0.4, -0.2) is 125 Å². The van der Waals surface area contributed by atoms with E-state index in [0.717, 1.165) is 44.5 Å². The topological polar surface area (TPSA) is 269 Å². The highest BCUT2D eigenvalue weighted by molar-refractivity contribution is 7.99. The number of aliphatic hydroxyl groups excluding tert-OH is 1. The number of amides is 7. The molecule has 5 aromatic rings. The van der Waals surface area contributed by atoms with Gasteiger partial charge in [-0.1, -0.05) is 150 Å². The number of benzene rings is 5. The summed E-state index contributed by atoms with van der Waals surface area (Å²) in [6, 6.07) is 33.8. The van der Waals surface area contributed by atoms with Gasteiger partial charge in [-0.3, -0.25) is 24.0 Å². The first-order valence-corrected chi connectivity index (χ1v) is 32.7. The molecule has 0 fully saturated rings. The average molecular weight is 1260 g/mol. The molecule has 5 rings (SSSR count). The molecule has 0 heterocycles. The van der Waals surface area contributed by atoms with Gasteiger partial charge < -0.3 is 56.5 Å². The van der Waals surface area contributed by atoms with Crippen LogP contribution in [0.25, 0.3) is 0 Å². The highest BCUT2D eigenvalue weighted by Gasteiger charge is 2.35. The van der Waals surface area contributed by atoms with Crippen LogP contribution in [0, 0.1) is 20.8 Å². The van der Waals surface area contributed by atoms with Crippen molar-refractivity contribution in [3.8, 4) is 0 Å². The summed E-state index contributed by atoms with van der Waals surface area (Å²) in [5.41, 5.74) is 6.69. The fourth-order valence-electron chi connectivity index (χ4n) is 8.33. The average Bonchev–Trinajstić information content (AvgIpc) is 3.62. The van der Waals surface area contributed by atoms with Crippen LogP contribution in [0.3, 0.4) is 0 Å². The number of thioether (sulfide) groups is 3. The van der Waals surface area contributed by atoms with Gasteiger partial charge in [-0.05, 0) is 102 Å². The third kappa shape index (κ3) is 27.2. The third-order valence-corrected chi connectivity index (χ3v) is 16.6. The lowest BCUT2D eigenvalue weighted by Crippen LogP contribution is -2.62. The van der Waals surface area contributed by atoms with Crippen molar-refractivity contribution < 1.29 is 57.7 Å². The summed E-state index contributed by atoms with van der Waals surface area (Å²) in [4.78, 5) is 111. The quantitative estimate of drug-likeness (QED) is 0.0109. The summed E-state index contributed by atoms with van der Waals surface area (Å²) in [6.07, 6.45) is -2.27. The minimum absolute atomic E-state index is 0.0181. The van der Waals surface area contributed by atoms with Gasteiger partial charge in [0.15, 0.2) is 0 Å². The lowest BCUT2D eigenvalue weighted by molar-refractivity contribution is -0.148. The fraction of sp³-hybridized carbons (Fsp3) is 0.424. The number of aliphatic hydroxyl groups is 1. The molecule has 5 aromatic carbocycles. The molecule has 88 heavy (non-hydrogen) atoms. The summed E-state index contributed by atoms with van der Waals surface area (Å²) < 4.78 is 16.3. The number of esters is 1. The van der Waals surface area contributed by atoms with Crippen LogP contribution in [0.4, 0.5) is 9.59 Å². The maximum Gasteiger partial charge on any atom is 0.408 e. The first-order valence-electron chi connectivity index (χ1n) is 29.3. The Morgan fingerprint density at radius 2 is 0.852 bits per heavy atom. The summed E-state index contributed by atoms with van der Waals surface area (Å²) in [7, 11) is 0. The Labute approximate surface area is 529 Å². The van der Waals surface area contributed by atoms with E-state index in [1.807, 2.05) is 142 Å². The van der Waals surface area contributed by atoms with Gasteiger partial charge in [0.25, 0.3) is 0 Å². The fourth-order valence-corrected chi connectivity index (χ4v) is 11.4. The van der Waals surface area contributed by atoms with E-state index >= 15 is 0 Å². The Kier molecular flexibility index (Phi) is 30.2. The van der Waals surface area contributed by atoms with Gasteiger partial charge in [0, 0.05) is 41.1 Å². The molecule has 7 amide bonds. The van der Waals surface area contributed by atoms with Crippen molar-refractivity contribution in [2.75, 3.05) is 23.8 Å². The number of nitrogens with one attached hydrogen (secondary N) is 7. The van der Waals surface area contributed by atoms with E-state index in [1.165, 1.54) is 49.1 Å². The predicted molar refractivity (Wildman–Crippen MR) is 347 cm³/mol. The standard InChI is InChI=1S/C66H85N7O12S3/c1-43-22-28-50(29-23-43)37-86-40-54(59(76)68-46(4)63(80)83-35-48-17-11-9-12-18-48)70-60(77)55(41-87-38-51-30-24-44(2)25-31-51)71-62(79)57(47(5)74)73-61(78)56(42-88-39-52-32-26-45(3)27-33-52)69-58(75)53(72-65(82)85-66(6,7)8)21-15-16-34-67-64(81)84-36-49-19-13-10-14-20-49/h9-14,17-20,22-33,46-47,53-57,74H,15-16,21,34-42H2,1-8H3,(H,67,81)(H,68,76)(H,69,75)(H,70,77)(H,71,79)(H,72,82)(H,73,78)/t46-,47+,53-,54-,55-,56-,57-/m0/s1. The molecule has 8 N–H and O–H groups in total. The van der Waals surface area contributed by atoms with Crippen molar-refractivity contribution in [2.45, 2.75) is 153 Å². The molecule has 0 saturated carbocycles. The summed E-state index contributed by atoms with van der Waals surface area (Å²) in [6.45, 7) is 13.9. The highest BCUT2D eigenvalue weighted by Crippen LogP contribution is 2.19. The minimum Gasteiger partial charge on any atom is -0.459 e. The number of aryl methyl sites for hydroxylation is 3. The molecule has 0 spiro atoms. The molecule has 0 bridgehead atoms. The summed E-state index contributed by atoms with van der Waals surface area (Å²) >= 11 is 4.02. The predicted octanol–water partition coefficient (Wildman–Crippen LogP) is 8.27. The van der Waals surface area contributed by atoms with E-state index < -0.39 is 95.6 Å². The number of carbonyl (C=O) groups is 8. The van der Waals surface area contributed by atoms with Crippen molar-refractivity contribution in [3.05, 3.63) is 178 Å². The zero-order valence-corrected chi connectivity index (χ0v) is 53.8. The van der Waals surface area contributed by atoms with E-state index in [4.69, 9.17) is 14.2 Å². The lowest BCUT2D eigenvalue weighted by atomic mass is 10.1. The molecule has 0 saturated heterocycles. The SMILES string of the molecule is Cc1ccc(CSC[C@H](NC(=O)[C@H](CSCc2ccc(C)cc2)NC(=O)[C@@H](NC(=O)[C@H](CSCc2ccc(C)cc2)NC(=O)[C@H](CCCCNC(=O)OCc2ccccc2)NC(=O)OC(C)(C)C)[C@@H](C)O)C(=O)N[C@@H](C)C(=O)OCc2ccccc2)cc1. The monoisotopic (exact) mass is 1260 g/mol. The highest BCUT2D eigenvalue weighted by atomic mass is 32.2. The maximum atomic E-state index is 14.7. The minimum atomic E-state index is -1.68. The van der Waals surface area contributed by atoms with Crippen LogP contribution in [0.5, 0.6) is 0 Å². The molecule has 0 aliphatic carbocycles.